The van der Waals surface area contributed by atoms with Gasteiger partial charge in [-0.05, 0) is 55.2 Å². The molecule has 2 N–H and O–H groups in total. The van der Waals surface area contributed by atoms with Crippen molar-refractivity contribution in [2.45, 2.75) is 40.0 Å². The van der Waals surface area contributed by atoms with Crippen LogP contribution in [0.5, 0.6) is 0 Å². The average Bonchev–Trinajstić information content (AvgIpc) is 2.72. The normalized spacial score (nSPS) is 11.8. The smallest absolute Gasteiger partial charge is 0.336 e. The van der Waals surface area contributed by atoms with Crippen LogP contribution in [-0.2, 0) is 16.0 Å². The Kier molecular flexibility index (Phi) is 6.67. The minimum atomic E-state index is -0.410. The van der Waals surface area contributed by atoms with Crippen LogP contribution in [0, 0.1) is 12.8 Å². The van der Waals surface area contributed by atoms with E-state index in [1.165, 1.54) is 6.07 Å². The molecule has 1 atom stereocenters. The highest BCUT2D eigenvalue weighted by Crippen LogP contribution is 2.21. The summed E-state index contributed by atoms with van der Waals surface area (Å²) < 4.78 is 5.22. The zero-order valence-electron chi connectivity index (χ0n) is 17.5. The molecule has 0 saturated carbocycles. The number of nitrogens with one attached hydrogen (secondary N) is 2. The maximum atomic E-state index is 12.3. The van der Waals surface area contributed by atoms with Crippen LogP contribution < -0.4 is 16.3 Å². The number of rotatable bonds is 7. The Balaban J connectivity index is 1.56. The van der Waals surface area contributed by atoms with Gasteiger partial charge in [0.05, 0.1) is 0 Å². The molecular weight excluding hydrogens is 380 g/mol. The van der Waals surface area contributed by atoms with Crippen molar-refractivity contribution in [2.75, 3.05) is 10.6 Å². The van der Waals surface area contributed by atoms with E-state index < -0.39 is 5.63 Å². The van der Waals surface area contributed by atoms with Crippen LogP contribution in [0.1, 0.15) is 37.8 Å². The van der Waals surface area contributed by atoms with E-state index in [2.05, 4.69) is 10.6 Å². The predicted octanol–water partition coefficient (Wildman–Crippen LogP) is 4.66. The highest BCUT2D eigenvalue weighted by molar-refractivity contribution is 5.94. The van der Waals surface area contributed by atoms with Crippen molar-refractivity contribution in [3.05, 3.63) is 70.1 Å². The highest BCUT2D eigenvalue weighted by atomic mass is 16.4. The Morgan fingerprint density at radius 1 is 1.00 bits per heavy atom. The molecule has 1 aromatic heterocycles. The molecule has 1 unspecified atom stereocenters. The quantitative estimate of drug-likeness (QED) is 0.559. The molecule has 0 bridgehead atoms. The fourth-order valence-corrected chi connectivity index (χ4v) is 3.09. The summed E-state index contributed by atoms with van der Waals surface area (Å²) in [5, 5.41) is 6.57. The fourth-order valence-electron chi connectivity index (χ4n) is 3.09. The summed E-state index contributed by atoms with van der Waals surface area (Å²) in [5.74, 6) is -0.148. The molecule has 3 aromatic rings. The summed E-state index contributed by atoms with van der Waals surface area (Å²) in [4.78, 5) is 35.8. The molecule has 6 nitrogen and oxygen atoms in total. The molecule has 1 heterocycles. The third-order valence-electron chi connectivity index (χ3n) is 5.16. The zero-order valence-corrected chi connectivity index (χ0v) is 17.5. The molecule has 2 aromatic carbocycles. The van der Waals surface area contributed by atoms with Crippen LogP contribution in [0.2, 0.25) is 0 Å². The number of carbonyl (C=O) groups is 2. The van der Waals surface area contributed by atoms with E-state index in [1.807, 2.05) is 51.1 Å². The molecule has 0 radical (unpaired) electrons. The lowest BCUT2D eigenvalue weighted by Gasteiger charge is -2.10. The number of hydrogen-bond donors (Lipinski definition) is 2. The number of hydrogen-bond acceptors (Lipinski definition) is 4. The van der Waals surface area contributed by atoms with Crippen molar-refractivity contribution >= 4 is 34.2 Å². The minimum absolute atomic E-state index is 0.00559. The summed E-state index contributed by atoms with van der Waals surface area (Å²) >= 11 is 0. The van der Waals surface area contributed by atoms with Gasteiger partial charge in [0.2, 0.25) is 11.8 Å². The topological polar surface area (TPSA) is 88.4 Å². The summed E-state index contributed by atoms with van der Waals surface area (Å²) in [6.45, 7) is 5.72. The van der Waals surface area contributed by atoms with Crippen molar-refractivity contribution in [3.63, 3.8) is 0 Å². The van der Waals surface area contributed by atoms with Crippen LogP contribution in [-0.4, -0.2) is 11.8 Å². The fraction of sp³-hybridized carbons (Fsp3) is 0.292. The molecule has 3 rings (SSSR count). The van der Waals surface area contributed by atoms with Crippen LogP contribution >= 0.6 is 0 Å². The maximum absolute atomic E-state index is 12.3. The third kappa shape index (κ3) is 5.35. The second-order valence-corrected chi connectivity index (χ2v) is 7.50. The van der Waals surface area contributed by atoms with E-state index in [-0.39, 0.29) is 17.7 Å². The molecule has 0 saturated heterocycles. The van der Waals surface area contributed by atoms with Crippen molar-refractivity contribution in [2.24, 2.45) is 5.92 Å². The SMILES string of the molecule is CCC(C)C(=O)Nc1ccc(CCC(=O)Nc2ccc3c(C)cc(=O)oc3c2)cc1. The number of anilines is 2. The van der Waals surface area contributed by atoms with Gasteiger partial charge in [0.1, 0.15) is 5.58 Å². The van der Waals surface area contributed by atoms with Crippen molar-refractivity contribution in [1.82, 2.24) is 0 Å². The standard InChI is InChI=1S/C24H26N2O4/c1-4-15(2)24(29)26-18-8-5-17(6-9-18)7-12-22(27)25-19-10-11-20-16(3)13-23(28)30-21(20)14-19/h5-6,8-11,13-15H,4,7,12H2,1-3H3,(H,25,27)(H,26,29). The Labute approximate surface area is 175 Å². The van der Waals surface area contributed by atoms with Crippen molar-refractivity contribution < 1.29 is 14.0 Å². The Hall–Kier alpha value is -3.41. The van der Waals surface area contributed by atoms with Crippen molar-refractivity contribution in [1.29, 1.82) is 0 Å². The van der Waals surface area contributed by atoms with E-state index >= 15 is 0 Å². The highest BCUT2D eigenvalue weighted by Gasteiger charge is 2.11. The van der Waals surface area contributed by atoms with Gasteiger partial charge in [0, 0.05) is 41.2 Å². The molecule has 0 aliphatic carbocycles. The molecule has 2 amide bonds. The average molecular weight is 406 g/mol. The Bertz CT molecular complexity index is 1120. The summed E-state index contributed by atoms with van der Waals surface area (Å²) in [6, 6.07) is 14.2. The first kappa shape index (κ1) is 21.3. The summed E-state index contributed by atoms with van der Waals surface area (Å²) in [7, 11) is 0. The van der Waals surface area contributed by atoms with E-state index in [9.17, 15) is 14.4 Å². The van der Waals surface area contributed by atoms with Gasteiger partial charge >= 0.3 is 5.63 Å². The predicted molar refractivity (Wildman–Crippen MR) is 119 cm³/mol. The van der Waals surface area contributed by atoms with Crippen LogP contribution in [0.3, 0.4) is 0 Å². The van der Waals surface area contributed by atoms with E-state index in [0.717, 1.165) is 28.6 Å². The molecule has 0 spiro atoms. The van der Waals surface area contributed by atoms with Gasteiger partial charge in [0.15, 0.2) is 0 Å². The van der Waals surface area contributed by atoms with Crippen LogP contribution in [0.4, 0.5) is 11.4 Å². The van der Waals surface area contributed by atoms with E-state index in [0.29, 0.717) is 24.1 Å². The van der Waals surface area contributed by atoms with Gasteiger partial charge < -0.3 is 15.1 Å². The maximum Gasteiger partial charge on any atom is 0.336 e. The van der Waals surface area contributed by atoms with Gasteiger partial charge in [-0.3, -0.25) is 9.59 Å². The number of fused-ring (bicyclic) bond motifs is 1. The molecule has 30 heavy (non-hydrogen) atoms. The van der Waals surface area contributed by atoms with Crippen LogP contribution in [0.25, 0.3) is 11.0 Å². The second kappa shape index (κ2) is 9.39. The third-order valence-corrected chi connectivity index (χ3v) is 5.16. The molecule has 0 aliphatic rings. The minimum Gasteiger partial charge on any atom is -0.423 e. The first-order valence-corrected chi connectivity index (χ1v) is 10.1. The second-order valence-electron chi connectivity index (χ2n) is 7.50. The molecular formula is C24H26N2O4. The lowest BCUT2D eigenvalue weighted by molar-refractivity contribution is -0.119. The van der Waals surface area contributed by atoms with Gasteiger partial charge in [0.25, 0.3) is 0 Å². The van der Waals surface area contributed by atoms with Gasteiger partial charge in [-0.2, -0.15) is 0 Å². The lowest BCUT2D eigenvalue weighted by Crippen LogP contribution is -2.19. The van der Waals surface area contributed by atoms with Crippen molar-refractivity contribution in [3.8, 4) is 0 Å². The van der Waals surface area contributed by atoms with Crippen LogP contribution in [0.15, 0.2) is 57.7 Å². The zero-order chi connectivity index (χ0) is 21.7. The van der Waals surface area contributed by atoms with Gasteiger partial charge in [-0.25, -0.2) is 4.79 Å². The Morgan fingerprint density at radius 2 is 1.70 bits per heavy atom. The Morgan fingerprint density at radius 3 is 2.40 bits per heavy atom. The van der Waals surface area contributed by atoms with Gasteiger partial charge in [-0.1, -0.05) is 26.0 Å². The first-order valence-electron chi connectivity index (χ1n) is 10.1. The first-order chi connectivity index (χ1) is 14.4. The van der Waals surface area contributed by atoms with E-state index in [1.54, 1.807) is 12.1 Å². The number of aryl methyl sites for hydroxylation is 2. The molecule has 0 aliphatic heterocycles. The summed E-state index contributed by atoms with van der Waals surface area (Å²) in [6.07, 6.45) is 1.68. The summed E-state index contributed by atoms with van der Waals surface area (Å²) in [5.41, 5.74) is 3.22. The number of carbonyl (C=O) groups excluding carboxylic acids is 2. The van der Waals surface area contributed by atoms with Gasteiger partial charge in [-0.15, -0.1) is 0 Å². The van der Waals surface area contributed by atoms with E-state index in [4.69, 9.17) is 4.42 Å². The molecule has 156 valence electrons. The number of amides is 2. The molecule has 0 fully saturated rings. The largest absolute Gasteiger partial charge is 0.423 e. The lowest BCUT2D eigenvalue weighted by atomic mass is 10.1. The monoisotopic (exact) mass is 406 g/mol. The molecule has 6 heteroatoms. The number of benzene rings is 2.